The van der Waals surface area contributed by atoms with Crippen LogP contribution in [0, 0.1) is 0 Å². The van der Waals surface area contributed by atoms with Crippen LogP contribution in [0.3, 0.4) is 0 Å². The van der Waals surface area contributed by atoms with Crippen LogP contribution in [0.5, 0.6) is 0 Å². The van der Waals surface area contributed by atoms with Crippen molar-refractivity contribution in [3.8, 4) is 0 Å². The lowest BCUT2D eigenvalue weighted by atomic mass is 10.2. The smallest absolute Gasteiger partial charge is 0.321 e. The Morgan fingerprint density at radius 2 is 2.20 bits per heavy atom. The van der Waals surface area contributed by atoms with Crippen LogP contribution in [-0.4, -0.2) is 54.2 Å². The van der Waals surface area contributed by atoms with E-state index in [1.165, 1.54) is 12.8 Å². The molecule has 0 aliphatic heterocycles. The molecule has 1 aliphatic carbocycles. The highest BCUT2D eigenvalue weighted by molar-refractivity contribution is 5.73. The SMILES string of the molecule is CC(CNCC(N)C(=O)O)N(C)C1CC1. The molecule has 1 aliphatic rings. The van der Waals surface area contributed by atoms with Crippen molar-refractivity contribution >= 4 is 5.97 Å². The summed E-state index contributed by atoms with van der Waals surface area (Å²) in [5.41, 5.74) is 5.38. The predicted octanol–water partition coefficient (Wildman–Crippen LogP) is -0.529. The molecule has 0 saturated heterocycles. The second-order valence-electron chi connectivity index (χ2n) is 4.35. The average molecular weight is 215 g/mol. The Hall–Kier alpha value is -0.650. The summed E-state index contributed by atoms with van der Waals surface area (Å²) in [5, 5.41) is 11.7. The first-order valence-corrected chi connectivity index (χ1v) is 5.43. The van der Waals surface area contributed by atoms with E-state index in [2.05, 4.69) is 24.2 Å². The second-order valence-corrected chi connectivity index (χ2v) is 4.35. The highest BCUT2D eigenvalue weighted by atomic mass is 16.4. The number of nitrogens with two attached hydrogens (primary N) is 1. The Kier molecular flexibility index (Phi) is 4.50. The minimum Gasteiger partial charge on any atom is -0.480 e. The molecule has 0 aromatic heterocycles. The van der Waals surface area contributed by atoms with Gasteiger partial charge in [-0.2, -0.15) is 0 Å². The second kappa shape index (κ2) is 5.44. The molecule has 0 radical (unpaired) electrons. The number of carboxylic acid groups (broad SMARTS) is 1. The quantitative estimate of drug-likeness (QED) is 0.532. The van der Waals surface area contributed by atoms with Crippen LogP contribution in [0.1, 0.15) is 19.8 Å². The van der Waals surface area contributed by atoms with E-state index in [-0.39, 0.29) is 0 Å². The predicted molar refractivity (Wildman–Crippen MR) is 58.7 cm³/mol. The summed E-state index contributed by atoms with van der Waals surface area (Å²) in [6.45, 7) is 3.25. The van der Waals surface area contributed by atoms with Gasteiger partial charge < -0.3 is 16.2 Å². The van der Waals surface area contributed by atoms with Crippen LogP contribution in [-0.2, 0) is 4.79 Å². The Bertz CT molecular complexity index is 219. The zero-order chi connectivity index (χ0) is 11.4. The van der Waals surface area contributed by atoms with Gasteiger partial charge in [-0.3, -0.25) is 9.69 Å². The number of aliphatic carboxylic acids is 1. The zero-order valence-electron chi connectivity index (χ0n) is 9.44. The van der Waals surface area contributed by atoms with Gasteiger partial charge in [-0.1, -0.05) is 0 Å². The number of nitrogens with zero attached hydrogens (tertiary/aromatic N) is 1. The Morgan fingerprint density at radius 1 is 1.60 bits per heavy atom. The lowest BCUT2D eigenvalue weighted by molar-refractivity contribution is -0.138. The van der Waals surface area contributed by atoms with Crippen LogP contribution in [0.2, 0.25) is 0 Å². The van der Waals surface area contributed by atoms with Crippen molar-refractivity contribution in [1.29, 1.82) is 0 Å². The zero-order valence-corrected chi connectivity index (χ0v) is 9.44. The van der Waals surface area contributed by atoms with Crippen LogP contribution >= 0.6 is 0 Å². The van der Waals surface area contributed by atoms with Crippen molar-refractivity contribution in [1.82, 2.24) is 10.2 Å². The summed E-state index contributed by atoms with van der Waals surface area (Å²) < 4.78 is 0. The van der Waals surface area contributed by atoms with Crippen molar-refractivity contribution in [2.45, 2.75) is 37.9 Å². The van der Waals surface area contributed by atoms with Gasteiger partial charge in [0.05, 0.1) is 0 Å². The molecule has 1 saturated carbocycles. The Labute approximate surface area is 90.6 Å². The fourth-order valence-corrected chi connectivity index (χ4v) is 1.52. The first-order valence-electron chi connectivity index (χ1n) is 5.43. The molecule has 1 rings (SSSR count). The molecule has 0 aromatic rings. The maximum Gasteiger partial charge on any atom is 0.321 e. The summed E-state index contributed by atoms with van der Waals surface area (Å²) in [5.74, 6) is -0.953. The maximum atomic E-state index is 10.5. The monoisotopic (exact) mass is 215 g/mol. The normalized spacial score (nSPS) is 20.3. The fourth-order valence-electron chi connectivity index (χ4n) is 1.52. The molecular weight excluding hydrogens is 194 g/mol. The number of rotatable bonds is 7. The number of hydrogen-bond donors (Lipinski definition) is 3. The van der Waals surface area contributed by atoms with Crippen molar-refractivity contribution in [3.05, 3.63) is 0 Å². The average Bonchev–Trinajstić information content (AvgIpc) is 2.99. The third-order valence-corrected chi connectivity index (χ3v) is 2.94. The molecule has 2 unspecified atom stereocenters. The topological polar surface area (TPSA) is 78.6 Å². The third kappa shape index (κ3) is 4.15. The van der Waals surface area contributed by atoms with Gasteiger partial charge in [-0.15, -0.1) is 0 Å². The number of carboxylic acids is 1. The molecule has 0 bridgehead atoms. The van der Waals surface area contributed by atoms with Crippen LogP contribution in [0.4, 0.5) is 0 Å². The number of hydrogen-bond acceptors (Lipinski definition) is 4. The first-order chi connectivity index (χ1) is 7.02. The van der Waals surface area contributed by atoms with Crippen molar-refractivity contribution < 1.29 is 9.90 Å². The molecule has 1 fully saturated rings. The highest BCUT2D eigenvalue weighted by Crippen LogP contribution is 2.26. The molecule has 5 heteroatoms. The van der Waals surface area contributed by atoms with Gasteiger partial charge in [0, 0.05) is 25.2 Å². The van der Waals surface area contributed by atoms with Gasteiger partial charge in [-0.25, -0.2) is 0 Å². The van der Waals surface area contributed by atoms with Gasteiger partial charge in [0.1, 0.15) is 6.04 Å². The minimum absolute atomic E-state index is 0.332. The summed E-state index contributed by atoms with van der Waals surface area (Å²) in [4.78, 5) is 12.8. The molecule has 88 valence electrons. The van der Waals surface area contributed by atoms with E-state index in [1.807, 2.05) is 0 Å². The van der Waals surface area contributed by atoms with E-state index >= 15 is 0 Å². The molecule has 4 N–H and O–H groups in total. The Morgan fingerprint density at radius 3 is 2.67 bits per heavy atom. The van der Waals surface area contributed by atoms with E-state index in [0.717, 1.165) is 12.6 Å². The minimum atomic E-state index is -0.953. The van der Waals surface area contributed by atoms with Gasteiger partial charge >= 0.3 is 5.97 Å². The Balaban J connectivity index is 2.10. The van der Waals surface area contributed by atoms with Crippen molar-refractivity contribution in [2.24, 2.45) is 5.73 Å². The van der Waals surface area contributed by atoms with Crippen molar-refractivity contribution in [2.75, 3.05) is 20.1 Å². The molecule has 0 amide bonds. The number of likely N-dealkylation sites (N-methyl/N-ethyl adjacent to an activating group) is 1. The van der Waals surface area contributed by atoms with E-state index in [4.69, 9.17) is 10.8 Å². The van der Waals surface area contributed by atoms with E-state index in [9.17, 15) is 4.79 Å². The highest BCUT2D eigenvalue weighted by Gasteiger charge is 2.28. The molecule has 0 heterocycles. The van der Waals surface area contributed by atoms with E-state index in [0.29, 0.717) is 12.6 Å². The van der Waals surface area contributed by atoms with Crippen LogP contribution in [0.25, 0.3) is 0 Å². The summed E-state index contributed by atoms with van der Waals surface area (Å²) in [6, 6.07) is 0.358. The van der Waals surface area contributed by atoms with E-state index < -0.39 is 12.0 Å². The van der Waals surface area contributed by atoms with Gasteiger partial charge in [0.2, 0.25) is 0 Å². The van der Waals surface area contributed by atoms with E-state index in [1.54, 1.807) is 0 Å². The van der Waals surface area contributed by atoms with Gasteiger partial charge in [0.25, 0.3) is 0 Å². The first kappa shape index (κ1) is 12.4. The van der Waals surface area contributed by atoms with Crippen molar-refractivity contribution in [3.63, 3.8) is 0 Å². The third-order valence-electron chi connectivity index (χ3n) is 2.94. The summed E-state index contributed by atoms with van der Waals surface area (Å²) >= 11 is 0. The summed E-state index contributed by atoms with van der Waals surface area (Å²) in [6.07, 6.45) is 2.57. The molecule has 2 atom stereocenters. The number of nitrogens with one attached hydrogen (secondary N) is 1. The maximum absolute atomic E-state index is 10.5. The number of carbonyl (C=O) groups is 1. The standard InChI is InChI=1S/C10H21N3O2/c1-7(13(2)8-3-4-8)5-12-6-9(11)10(14)15/h7-9,12H,3-6,11H2,1-2H3,(H,14,15). The largest absolute Gasteiger partial charge is 0.480 e. The van der Waals surface area contributed by atoms with Gasteiger partial charge in [-0.05, 0) is 26.8 Å². The summed E-state index contributed by atoms with van der Waals surface area (Å²) in [7, 11) is 2.11. The molecule has 15 heavy (non-hydrogen) atoms. The fraction of sp³-hybridized carbons (Fsp3) is 0.900. The molecule has 0 aromatic carbocycles. The molecular formula is C10H21N3O2. The van der Waals surface area contributed by atoms with Crippen LogP contribution in [0.15, 0.2) is 0 Å². The molecule has 0 spiro atoms. The van der Waals surface area contributed by atoms with Crippen LogP contribution < -0.4 is 11.1 Å². The molecule has 5 nitrogen and oxygen atoms in total. The van der Waals surface area contributed by atoms with Gasteiger partial charge in [0.15, 0.2) is 0 Å². The lowest BCUT2D eigenvalue weighted by Crippen LogP contribution is -2.45. The lowest BCUT2D eigenvalue weighted by Gasteiger charge is -2.25.